The number of rotatable bonds is 7. The van der Waals surface area contributed by atoms with Crippen molar-refractivity contribution >= 4 is 0 Å². The molecule has 0 saturated heterocycles. The van der Waals surface area contributed by atoms with Crippen molar-refractivity contribution < 1.29 is 0 Å². The van der Waals surface area contributed by atoms with Gasteiger partial charge in [0.25, 0.3) is 0 Å². The van der Waals surface area contributed by atoms with Gasteiger partial charge in [-0.05, 0) is 33.2 Å². The molecule has 0 saturated carbocycles. The van der Waals surface area contributed by atoms with Crippen molar-refractivity contribution in [1.29, 1.82) is 0 Å². The second kappa shape index (κ2) is 7.24. The predicted molar refractivity (Wildman–Crippen MR) is 64.7 cm³/mol. The first kappa shape index (κ1) is 13.9. The zero-order valence-corrected chi connectivity index (χ0v) is 10.8. The normalized spacial score (nSPS) is 14.4. The summed E-state index contributed by atoms with van der Waals surface area (Å²) in [5, 5.41) is 3.41. The first-order valence-electron chi connectivity index (χ1n) is 5.95. The van der Waals surface area contributed by atoms with Crippen LogP contribution in [0.3, 0.4) is 0 Å². The maximum Gasteiger partial charge on any atom is 0.0195 e. The van der Waals surface area contributed by atoms with Gasteiger partial charge in [-0.2, -0.15) is 0 Å². The molecule has 1 atom stereocenters. The van der Waals surface area contributed by atoms with E-state index in [0.29, 0.717) is 12.1 Å². The fourth-order valence-electron chi connectivity index (χ4n) is 1.79. The van der Waals surface area contributed by atoms with Gasteiger partial charge < -0.3 is 5.32 Å². The van der Waals surface area contributed by atoms with E-state index >= 15 is 0 Å². The van der Waals surface area contributed by atoms with Crippen LogP contribution < -0.4 is 5.32 Å². The molecule has 0 aromatic carbocycles. The minimum absolute atomic E-state index is 0.636. The van der Waals surface area contributed by atoms with Crippen LogP contribution in [0, 0.1) is 5.92 Å². The van der Waals surface area contributed by atoms with Gasteiger partial charge in [-0.15, -0.1) is 0 Å². The Hall–Kier alpha value is -0.0800. The van der Waals surface area contributed by atoms with Crippen LogP contribution in [-0.4, -0.2) is 36.6 Å². The van der Waals surface area contributed by atoms with E-state index < -0.39 is 0 Å². The molecule has 0 aromatic heterocycles. The molecule has 1 unspecified atom stereocenters. The van der Waals surface area contributed by atoms with Crippen LogP contribution in [0.2, 0.25) is 0 Å². The van der Waals surface area contributed by atoms with E-state index in [1.165, 1.54) is 6.54 Å². The third-order valence-electron chi connectivity index (χ3n) is 2.50. The van der Waals surface area contributed by atoms with Crippen LogP contribution in [0.15, 0.2) is 0 Å². The fraction of sp³-hybridized carbons (Fsp3) is 1.00. The smallest absolute Gasteiger partial charge is 0.0195 e. The molecule has 0 fully saturated rings. The molecule has 86 valence electrons. The molecular formula is C12H28N2. The maximum absolute atomic E-state index is 3.41. The Morgan fingerprint density at radius 3 is 2.00 bits per heavy atom. The molecule has 0 aliphatic carbocycles. The molecule has 0 spiro atoms. The standard InChI is InChI=1S/C12H28N2/c1-7-13-8-12(6)14(11(4)5)9-10(2)3/h10-13H,7-9H2,1-6H3. The summed E-state index contributed by atoms with van der Waals surface area (Å²) in [6, 6.07) is 1.28. The Morgan fingerprint density at radius 1 is 1.07 bits per heavy atom. The van der Waals surface area contributed by atoms with Crippen LogP contribution in [0.5, 0.6) is 0 Å². The first-order valence-corrected chi connectivity index (χ1v) is 5.95. The molecule has 0 bridgehead atoms. The molecule has 0 radical (unpaired) electrons. The highest BCUT2D eigenvalue weighted by molar-refractivity contribution is 4.73. The van der Waals surface area contributed by atoms with Gasteiger partial charge in [0, 0.05) is 25.2 Å². The highest BCUT2D eigenvalue weighted by atomic mass is 15.2. The number of nitrogens with zero attached hydrogens (tertiary/aromatic N) is 1. The second-order valence-electron chi connectivity index (χ2n) is 4.84. The lowest BCUT2D eigenvalue weighted by atomic mass is 10.1. The van der Waals surface area contributed by atoms with E-state index in [-0.39, 0.29) is 0 Å². The summed E-state index contributed by atoms with van der Waals surface area (Å²) < 4.78 is 0. The van der Waals surface area contributed by atoms with E-state index in [4.69, 9.17) is 0 Å². The summed E-state index contributed by atoms with van der Waals surface area (Å²) in [6.45, 7) is 17.0. The van der Waals surface area contributed by atoms with Crippen LogP contribution in [0.1, 0.15) is 41.5 Å². The van der Waals surface area contributed by atoms with E-state index in [9.17, 15) is 0 Å². The van der Waals surface area contributed by atoms with Crippen molar-refractivity contribution in [3.05, 3.63) is 0 Å². The van der Waals surface area contributed by atoms with Crippen molar-refractivity contribution in [3.8, 4) is 0 Å². The number of hydrogen-bond donors (Lipinski definition) is 1. The van der Waals surface area contributed by atoms with Crippen molar-refractivity contribution in [2.24, 2.45) is 5.92 Å². The average Bonchev–Trinajstić information content (AvgIpc) is 2.09. The monoisotopic (exact) mass is 200 g/mol. The lowest BCUT2D eigenvalue weighted by molar-refractivity contribution is 0.143. The lowest BCUT2D eigenvalue weighted by Gasteiger charge is -2.34. The number of nitrogens with one attached hydrogen (secondary N) is 1. The summed E-state index contributed by atoms with van der Waals surface area (Å²) in [6.07, 6.45) is 0. The summed E-state index contributed by atoms with van der Waals surface area (Å²) in [7, 11) is 0. The SMILES string of the molecule is CCNCC(C)N(CC(C)C)C(C)C. The van der Waals surface area contributed by atoms with Gasteiger partial charge in [-0.25, -0.2) is 0 Å². The van der Waals surface area contributed by atoms with Crippen molar-refractivity contribution in [3.63, 3.8) is 0 Å². The zero-order valence-electron chi connectivity index (χ0n) is 10.8. The second-order valence-corrected chi connectivity index (χ2v) is 4.84. The van der Waals surface area contributed by atoms with Gasteiger partial charge in [0.1, 0.15) is 0 Å². The third-order valence-corrected chi connectivity index (χ3v) is 2.50. The Morgan fingerprint density at radius 2 is 1.64 bits per heavy atom. The van der Waals surface area contributed by atoms with Crippen LogP contribution >= 0.6 is 0 Å². The lowest BCUT2D eigenvalue weighted by Crippen LogP contribution is -2.45. The Kier molecular flexibility index (Phi) is 7.20. The van der Waals surface area contributed by atoms with E-state index in [2.05, 4.69) is 51.8 Å². The van der Waals surface area contributed by atoms with Crippen LogP contribution in [0.4, 0.5) is 0 Å². The summed E-state index contributed by atoms with van der Waals surface area (Å²) in [5.74, 6) is 0.751. The van der Waals surface area contributed by atoms with Gasteiger partial charge in [0.15, 0.2) is 0 Å². The molecule has 0 aromatic rings. The highest BCUT2D eigenvalue weighted by Crippen LogP contribution is 2.08. The van der Waals surface area contributed by atoms with E-state index in [0.717, 1.165) is 19.0 Å². The van der Waals surface area contributed by atoms with Crippen molar-refractivity contribution in [2.45, 2.75) is 53.6 Å². The van der Waals surface area contributed by atoms with E-state index in [1.54, 1.807) is 0 Å². The first-order chi connectivity index (χ1) is 6.49. The maximum atomic E-state index is 3.41. The van der Waals surface area contributed by atoms with Crippen LogP contribution in [-0.2, 0) is 0 Å². The molecule has 0 heterocycles. The molecule has 14 heavy (non-hydrogen) atoms. The average molecular weight is 200 g/mol. The minimum Gasteiger partial charge on any atom is -0.315 e. The van der Waals surface area contributed by atoms with Crippen molar-refractivity contribution in [2.75, 3.05) is 19.6 Å². The van der Waals surface area contributed by atoms with E-state index in [1.807, 2.05) is 0 Å². The Bertz CT molecular complexity index is 132. The van der Waals surface area contributed by atoms with Gasteiger partial charge in [0.05, 0.1) is 0 Å². The molecule has 0 aliphatic rings. The molecule has 1 N–H and O–H groups in total. The highest BCUT2D eigenvalue weighted by Gasteiger charge is 2.17. The minimum atomic E-state index is 0.636. The molecule has 0 amide bonds. The zero-order chi connectivity index (χ0) is 11.1. The topological polar surface area (TPSA) is 15.3 Å². The summed E-state index contributed by atoms with van der Waals surface area (Å²) in [5.41, 5.74) is 0. The molecule has 0 rings (SSSR count). The quantitative estimate of drug-likeness (QED) is 0.678. The molecule has 2 heteroatoms. The Balaban J connectivity index is 4.04. The van der Waals surface area contributed by atoms with Crippen molar-refractivity contribution in [1.82, 2.24) is 10.2 Å². The largest absolute Gasteiger partial charge is 0.315 e. The summed E-state index contributed by atoms with van der Waals surface area (Å²) >= 11 is 0. The molecular weight excluding hydrogens is 172 g/mol. The number of hydrogen-bond acceptors (Lipinski definition) is 2. The molecule has 2 nitrogen and oxygen atoms in total. The Labute approximate surface area is 90.1 Å². The predicted octanol–water partition coefficient (Wildman–Crippen LogP) is 2.35. The number of likely N-dealkylation sites (N-methyl/N-ethyl adjacent to an activating group) is 1. The third kappa shape index (κ3) is 5.61. The molecule has 0 aliphatic heterocycles. The van der Waals surface area contributed by atoms with Gasteiger partial charge in [-0.1, -0.05) is 20.8 Å². The van der Waals surface area contributed by atoms with Crippen LogP contribution in [0.25, 0.3) is 0 Å². The fourth-order valence-corrected chi connectivity index (χ4v) is 1.79. The summed E-state index contributed by atoms with van der Waals surface area (Å²) in [4.78, 5) is 2.58. The van der Waals surface area contributed by atoms with Gasteiger partial charge >= 0.3 is 0 Å². The van der Waals surface area contributed by atoms with Gasteiger partial charge in [0.2, 0.25) is 0 Å². The van der Waals surface area contributed by atoms with Gasteiger partial charge in [-0.3, -0.25) is 4.90 Å².